The van der Waals surface area contributed by atoms with Crippen LogP contribution < -0.4 is 14.4 Å². The first-order valence-electron chi connectivity index (χ1n) is 8.92. The Morgan fingerprint density at radius 1 is 0.966 bits per heavy atom. The number of hydrogen-bond acceptors (Lipinski definition) is 4. The van der Waals surface area contributed by atoms with Gasteiger partial charge >= 0.3 is 0 Å². The van der Waals surface area contributed by atoms with Gasteiger partial charge in [0.25, 0.3) is 15.9 Å². The zero-order chi connectivity index (χ0) is 21.0. The van der Waals surface area contributed by atoms with Crippen LogP contribution in [0.25, 0.3) is 0 Å². The number of anilines is 2. The number of carbonyl (C=O) groups excluding carboxylic acids is 1. The summed E-state index contributed by atoms with van der Waals surface area (Å²) in [5.74, 6) is 0.258. The van der Waals surface area contributed by atoms with E-state index in [0.717, 1.165) is 9.87 Å². The van der Waals surface area contributed by atoms with E-state index in [1.54, 1.807) is 42.5 Å². The first-order valence-corrected chi connectivity index (χ1v) is 10.4. The van der Waals surface area contributed by atoms with Crippen molar-refractivity contribution in [3.63, 3.8) is 0 Å². The number of ether oxygens (including phenoxy) is 1. The van der Waals surface area contributed by atoms with Gasteiger partial charge in [-0.2, -0.15) is 0 Å². The Bertz CT molecular complexity index is 1130. The van der Waals surface area contributed by atoms with Crippen LogP contribution in [0.15, 0.2) is 77.7 Å². The molecule has 0 saturated heterocycles. The molecule has 0 saturated carbocycles. The molecule has 3 aromatic carbocycles. The van der Waals surface area contributed by atoms with E-state index in [0.29, 0.717) is 22.7 Å². The minimum Gasteiger partial charge on any atom is -0.497 e. The topological polar surface area (TPSA) is 75.7 Å². The van der Waals surface area contributed by atoms with Crippen molar-refractivity contribution < 1.29 is 17.9 Å². The van der Waals surface area contributed by atoms with Gasteiger partial charge in [0.15, 0.2) is 0 Å². The molecule has 0 aliphatic carbocycles. The summed E-state index contributed by atoms with van der Waals surface area (Å²) in [6.07, 6.45) is 0. The number of amides is 1. The molecule has 0 unspecified atom stereocenters. The Kier molecular flexibility index (Phi) is 5.89. The van der Waals surface area contributed by atoms with Gasteiger partial charge in [-0.1, -0.05) is 18.2 Å². The van der Waals surface area contributed by atoms with E-state index in [4.69, 9.17) is 4.74 Å². The third-order valence-electron chi connectivity index (χ3n) is 4.47. The van der Waals surface area contributed by atoms with Crippen LogP contribution in [0.5, 0.6) is 5.75 Å². The lowest BCUT2D eigenvalue weighted by molar-refractivity contribution is 0.102. The van der Waals surface area contributed by atoms with Gasteiger partial charge in [-0.3, -0.25) is 9.10 Å². The SMILES string of the molecule is COc1ccc(S(=O)(=O)N(C)c2cccc(C(=O)Nc3cccc(C)c3)c2)cc1. The van der Waals surface area contributed by atoms with Gasteiger partial charge in [0.2, 0.25) is 0 Å². The number of sulfonamides is 1. The lowest BCUT2D eigenvalue weighted by atomic mass is 10.1. The normalized spacial score (nSPS) is 11.0. The van der Waals surface area contributed by atoms with Gasteiger partial charge in [0.05, 0.1) is 17.7 Å². The number of nitrogens with zero attached hydrogens (tertiary/aromatic N) is 1. The molecule has 3 aromatic rings. The van der Waals surface area contributed by atoms with Crippen molar-refractivity contribution in [3.05, 3.63) is 83.9 Å². The molecule has 7 heteroatoms. The van der Waals surface area contributed by atoms with Crippen molar-refractivity contribution in [1.82, 2.24) is 0 Å². The van der Waals surface area contributed by atoms with Gasteiger partial charge < -0.3 is 10.1 Å². The molecule has 0 fully saturated rings. The molecule has 6 nitrogen and oxygen atoms in total. The summed E-state index contributed by atoms with van der Waals surface area (Å²) < 4.78 is 32.1. The summed E-state index contributed by atoms with van der Waals surface area (Å²) in [5.41, 5.74) is 2.46. The Morgan fingerprint density at radius 3 is 2.31 bits per heavy atom. The number of nitrogens with one attached hydrogen (secondary N) is 1. The van der Waals surface area contributed by atoms with Gasteiger partial charge in [-0.05, 0) is 67.1 Å². The highest BCUT2D eigenvalue weighted by molar-refractivity contribution is 7.92. The number of carbonyl (C=O) groups is 1. The molecule has 0 spiro atoms. The van der Waals surface area contributed by atoms with Crippen LogP contribution in [0.3, 0.4) is 0 Å². The van der Waals surface area contributed by atoms with Crippen LogP contribution in [-0.4, -0.2) is 28.5 Å². The molecule has 29 heavy (non-hydrogen) atoms. The number of aryl methyl sites for hydroxylation is 1. The van der Waals surface area contributed by atoms with Crippen LogP contribution in [0.4, 0.5) is 11.4 Å². The lowest BCUT2D eigenvalue weighted by Gasteiger charge is -2.20. The van der Waals surface area contributed by atoms with Gasteiger partial charge in [-0.15, -0.1) is 0 Å². The van der Waals surface area contributed by atoms with E-state index < -0.39 is 10.0 Å². The summed E-state index contributed by atoms with van der Waals surface area (Å²) >= 11 is 0. The van der Waals surface area contributed by atoms with Crippen LogP contribution in [0, 0.1) is 6.92 Å². The maximum Gasteiger partial charge on any atom is 0.264 e. The zero-order valence-corrected chi connectivity index (χ0v) is 17.2. The van der Waals surface area contributed by atoms with E-state index in [9.17, 15) is 13.2 Å². The molecule has 1 amide bonds. The highest BCUT2D eigenvalue weighted by atomic mass is 32.2. The first-order chi connectivity index (χ1) is 13.8. The van der Waals surface area contributed by atoms with E-state index in [-0.39, 0.29) is 10.8 Å². The second-order valence-corrected chi connectivity index (χ2v) is 8.49. The van der Waals surface area contributed by atoms with Crippen LogP contribution in [0.1, 0.15) is 15.9 Å². The van der Waals surface area contributed by atoms with Gasteiger partial charge in [-0.25, -0.2) is 8.42 Å². The van der Waals surface area contributed by atoms with Crippen molar-refractivity contribution in [2.24, 2.45) is 0 Å². The largest absolute Gasteiger partial charge is 0.497 e. The Morgan fingerprint density at radius 2 is 1.66 bits per heavy atom. The van der Waals surface area contributed by atoms with E-state index >= 15 is 0 Å². The van der Waals surface area contributed by atoms with Gasteiger partial charge in [0.1, 0.15) is 5.75 Å². The fourth-order valence-electron chi connectivity index (χ4n) is 2.81. The maximum absolute atomic E-state index is 12.9. The lowest BCUT2D eigenvalue weighted by Crippen LogP contribution is -2.26. The molecule has 0 bridgehead atoms. The Hall–Kier alpha value is -3.32. The molecular formula is C22H22N2O4S. The predicted octanol–water partition coefficient (Wildman–Crippen LogP) is 4.08. The van der Waals surface area contributed by atoms with Crippen LogP contribution in [0.2, 0.25) is 0 Å². The average Bonchev–Trinajstić information content (AvgIpc) is 2.73. The highest BCUT2D eigenvalue weighted by Gasteiger charge is 2.22. The first kappa shape index (κ1) is 20.4. The minimum atomic E-state index is -3.78. The Labute approximate surface area is 170 Å². The third-order valence-corrected chi connectivity index (χ3v) is 6.27. The van der Waals surface area contributed by atoms with E-state index in [1.807, 2.05) is 25.1 Å². The average molecular weight is 410 g/mol. The summed E-state index contributed by atoms with van der Waals surface area (Å²) in [7, 11) is -0.806. The number of methoxy groups -OCH3 is 1. The van der Waals surface area contributed by atoms with Crippen molar-refractivity contribution in [2.75, 3.05) is 23.8 Å². The van der Waals surface area contributed by atoms with Crippen molar-refractivity contribution in [2.45, 2.75) is 11.8 Å². The molecule has 0 radical (unpaired) electrons. The monoisotopic (exact) mass is 410 g/mol. The fraction of sp³-hybridized carbons (Fsp3) is 0.136. The van der Waals surface area contributed by atoms with E-state index in [1.165, 1.54) is 26.3 Å². The number of benzene rings is 3. The molecule has 0 atom stereocenters. The third kappa shape index (κ3) is 4.57. The van der Waals surface area contributed by atoms with E-state index in [2.05, 4.69) is 5.32 Å². The summed E-state index contributed by atoms with van der Waals surface area (Å²) in [6, 6.07) is 20.1. The minimum absolute atomic E-state index is 0.135. The molecule has 0 aliphatic heterocycles. The number of rotatable bonds is 6. The second kappa shape index (κ2) is 8.36. The maximum atomic E-state index is 12.9. The quantitative estimate of drug-likeness (QED) is 0.664. The second-order valence-electron chi connectivity index (χ2n) is 6.52. The fourth-order valence-corrected chi connectivity index (χ4v) is 4.00. The molecule has 3 rings (SSSR count). The smallest absolute Gasteiger partial charge is 0.264 e. The number of hydrogen-bond donors (Lipinski definition) is 1. The molecule has 1 N–H and O–H groups in total. The molecule has 0 heterocycles. The molecule has 0 aliphatic rings. The predicted molar refractivity (Wildman–Crippen MR) is 114 cm³/mol. The Balaban J connectivity index is 1.84. The zero-order valence-electron chi connectivity index (χ0n) is 16.4. The molecular weight excluding hydrogens is 388 g/mol. The van der Waals surface area contributed by atoms with Crippen molar-refractivity contribution >= 4 is 27.3 Å². The van der Waals surface area contributed by atoms with Gasteiger partial charge in [0, 0.05) is 18.3 Å². The molecule has 0 aromatic heterocycles. The molecule has 150 valence electrons. The van der Waals surface area contributed by atoms with Crippen LogP contribution in [-0.2, 0) is 10.0 Å². The van der Waals surface area contributed by atoms with Crippen molar-refractivity contribution in [1.29, 1.82) is 0 Å². The summed E-state index contributed by atoms with van der Waals surface area (Å²) in [5, 5.41) is 2.83. The van der Waals surface area contributed by atoms with Crippen LogP contribution >= 0.6 is 0 Å². The van der Waals surface area contributed by atoms with Crippen molar-refractivity contribution in [3.8, 4) is 5.75 Å². The highest BCUT2D eigenvalue weighted by Crippen LogP contribution is 2.25. The summed E-state index contributed by atoms with van der Waals surface area (Å²) in [4.78, 5) is 12.7. The summed E-state index contributed by atoms with van der Waals surface area (Å²) in [6.45, 7) is 1.94. The standard InChI is InChI=1S/C22H22N2O4S/c1-16-6-4-8-18(14-16)23-22(25)17-7-5-9-19(15-17)24(2)29(26,27)21-12-10-20(28-3)11-13-21/h4-15H,1-3H3,(H,23,25).